The quantitative estimate of drug-likeness (QED) is 0.235. The number of fused-ring (bicyclic) bond motifs is 10. The Balaban J connectivity index is 1.32. The highest BCUT2D eigenvalue weighted by atomic mass is 14.5. The molecule has 0 saturated heterocycles. The molecule has 0 fully saturated rings. The summed E-state index contributed by atoms with van der Waals surface area (Å²) in [5.41, 5.74) is 15.9. The molecule has 0 heterocycles. The van der Waals surface area contributed by atoms with Gasteiger partial charge in [-0.05, 0) is 79.2 Å². The summed E-state index contributed by atoms with van der Waals surface area (Å²) in [5.74, 6) is 0. The van der Waals surface area contributed by atoms with Gasteiger partial charge in [0, 0.05) is 0 Å². The molecule has 178 valence electrons. The average molecular weight is 483 g/mol. The zero-order valence-electron chi connectivity index (χ0n) is 21.1. The summed E-state index contributed by atoms with van der Waals surface area (Å²) in [6, 6.07) is 53.9. The second-order valence-corrected chi connectivity index (χ2v) is 10.5. The smallest absolute Gasteiger partial charge is 0.0622 e. The molecule has 38 heavy (non-hydrogen) atoms. The fraction of sp³-hybridized carbons (Fsp3) is 0.0526. The van der Waals surface area contributed by atoms with E-state index in [2.05, 4.69) is 146 Å². The minimum absolute atomic E-state index is 0.271. The van der Waals surface area contributed by atoms with Gasteiger partial charge in [0.25, 0.3) is 0 Å². The first-order chi connectivity index (χ1) is 18.8. The molecule has 0 radical (unpaired) electrons. The summed E-state index contributed by atoms with van der Waals surface area (Å²) in [6.45, 7) is 0. The van der Waals surface area contributed by atoms with Crippen molar-refractivity contribution in [2.75, 3.05) is 0 Å². The molecule has 2 aliphatic carbocycles. The van der Waals surface area contributed by atoms with E-state index < -0.39 is 0 Å². The molecule has 0 atom stereocenters. The molecule has 0 amide bonds. The van der Waals surface area contributed by atoms with Gasteiger partial charge >= 0.3 is 0 Å². The third kappa shape index (κ3) is 2.92. The highest BCUT2D eigenvalue weighted by Gasteiger charge is 2.51. The molecule has 0 bridgehead atoms. The Morgan fingerprint density at radius 3 is 1.50 bits per heavy atom. The number of hydrogen-bond donors (Lipinski definition) is 0. The van der Waals surface area contributed by atoms with Crippen LogP contribution in [0.15, 0.2) is 146 Å². The van der Waals surface area contributed by atoms with Gasteiger partial charge in [0.2, 0.25) is 0 Å². The monoisotopic (exact) mass is 482 g/mol. The molecular weight excluding hydrogens is 456 g/mol. The van der Waals surface area contributed by atoms with Crippen molar-refractivity contribution < 1.29 is 0 Å². The predicted molar refractivity (Wildman–Crippen MR) is 157 cm³/mol. The van der Waals surface area contributed by atoms with Gasteiger partial charge in [-0.25, -0.2) is 0 Å². The van der Waals surface area contributed by atoms with Crippen LogP contribution in [0, 0.1) is 0 Å². The van der Waals surface area contributed by atoms with E-state index >= 15 is 0 Å². The zero-order chi connectivity index (χ0) is 25.1. The molecule has 0 N–H and O–H groups in total. The molecule has 6 aromatic carbocycles. The van der Waals surface area contributed by atoms with Crippen molar-refractivity contribution in [3.63, 3.8) is 0 Å². The van der Waals surface area contributed by atoms with Crippen molar-refractivity contribution in [2.24, 2.45) is 0 Å². The standard InChI is InChI=1S/C38H26/c1-2-11-26(12-3-1)23-27-13-10-14-28(24-27)29-21-22-37-33(25-29)32-17-6-9-20-36(32)38(37)34-18-7-4-15-30(34)31-16-5-8-19-35(31)38/h1-22,24-25H,23H2. The van der Waals surface area contributed by atoms with Crippen LogP contribution in [-0.4, -0.2) is 0 Å². The fourth-order valence-corrected chi connectivity index (χ4v) is 6.97. The van der Waals surface area contributed by atoms with Crippen molar-refractivity contribution in [3.8, 4) is 33.4 Å². The van der Waals surface area contributed by atoms with Crippen molar-refractivity contribution in [3.05, 3.63) is 179 Å². The van der Waals surface area contributed by atoms with Crippen LogP contribution in [0.5, 0.6) is 0 Å². The number of rotatable bonds is 3. The summed E-state index contributed by atoms with van der Waals surface area (Å²) in [5, 5.41) is 0. The van der Waals surface area contributed by atoms with E-state index in [1.807, 2.05) is 0 Å². The molecule has 0 aromatic heterocycles. The normalized spacial score (nSPS) is 13.6. The SMILES string of the molecule is c1ccc(Cc2cccc(-c3ccc4c(c3)-c3ccccc3C43c4ccccc4-c4ccccc43)c2)cc1. The third-order valence-corrected chi connectivity index (χ3v) is 8.51. The van der Waals surface area contributed by atoms with Gasteiger partial charge in [0.15, 0.2) is 0 Å². The van der Waals surface area contributed by atoms with Gasteiger partial charge < -0.3 is 0 Å². The summed E-state index contributed by atoms with van der Waals surface area (Å²) >= 11 is 0. The lowest BCUT2D eigenvalue weighted by Crippen LogP contribution is -2.25. The van der Waals surface area contributed by atoms with E-state index in [1.165, 1.54) is 66.8 Å². The molecule has 6 aromatic rings. The first-order valence-electron chi connectivity index (χ1n) is 13.4. The Kier molecular flexibility index (Phi) is 4.60. The Hall–Kier alpha value is -4.68. The van der Waals surface area contributed by atoms with Gasteiger partial charge in [-0.1, -0.05) is 140 Å². The zero-order valence-corrected chi connectivity index (χ0v) is 21.1. The van der Waals surface area contributed by atoms with Crippen LogP contribution >= 0.6 is 0 Å². The van der Waals surface area contributed by atoms with Crippen LogP contribution in [0.1, 0.15) is 33.4 Å². The van der Waals surface area contributed by atoms with E-state index in [9.17, 15) is 0 Å². The van der Waals surface area contributed by atoms with Crippen LogP contribution in [0.3, 0.4) is 0 Å². The van der Waals surface area contributed by atoms with E-state index in [4.69, 9.17) is 0 Å². The fourth-order valence-electron chi connectivity index (χ4n) is 6.97. The molecule has 1 spiro atoms. The third-order valence-electron chi connectivity index (χ3n) is 8.51. The summed E-state index contributed by atoms with van der Waals surface area (Å²) in [4.78, 5) is 0. The Bertz CT molecular complexity index is 1790. The van der Waals surface area contributed by atoms with E-state index in [0.29, 0.717) is 0 Å². The summed E-state index contributed by atoms with van der Waals surface area (Å²) in [7, 11) is 0. The molecule has 8 rings (SSSR count). The molecular formula is C38H26. The van der Waals surface area contributed by atoms with Crippen molar-refractivity contribution >= 4 is 0 Å². The maximum atomic E-state index is 2.42. The van der Waals surface area contributed by atoms with E-state index in [1.54, 1.807) is 0 Å². The Morgan fingerprint density at radius 2 is 0.842 bits per heavy atom. The topological polar surface area (TPSA) is 0 Å². The molecule has 2 aliphatic rings. The van der Waals surface area contributed by atoms with Crippen LogP contribution in [0.25, 0.3) is 33.4 Å². The Labute approximate surface area is 223 Å². The lowest BCUT2D eigenvalue weighted by Gasteiger charge is -2.30. The highest BCUT2D eigenvalue weighted by Crippen LogP contribution is 2.62. The lowest BCUT2D eigenvalue weighted by atomic mass is 9.70. The number of hydrogen-bond acceptors (Lipinski definition) is 0. The molecule has 0 nitrogen and oxygen atoms in total. The maximum Gasteiger partial charge on any atom is 0.0725 e. The van der Waals surface area contributed by atoms with Crippen molar-refractivity contribution in [2.45, 2.75) is 11.8 Å². The van der Waals surface area contributed by atoms with Crippen LogP contribution < -0.4 is 0 Å². The van der Waals surface area contributed by atoms with Gasteiger partial charge in [0.1, 0.15) is 0 Å². The Morgan fingerprint density at radius 1 is 0.342 bits per heavy atom. The molecule has 0 saturated carbocycles. The molecule has 0 heteroatoms. The first kappa shape index (κ1) is 21.4. The average Bonchev–Trinajstić information content (AvgIpc) is 3.45. The molecule has 0 aliphatic heterocycles. The van der Waals surface area contributed by atoms with Crippen LogP contribution in [-0.2, 0) is 11.8 Å². The summed E-state index contributed by atoms with van der Waals surface area (Å²) in [6.07, 6.45) is 0.944. The first-order valence-corrected chi connectivity index (χ1v) is 13.4. The van der Waals surface area contributed by atoms with Gasteiger partial charge in [-0.15, -0.1) is 0 Å². The second kappa shape index (κ2) is 8.16. The second-order valence-electron chi connectivity index (χ2n) is 10.5. The van der Waals surface area contributed by atoms with Crippen molar-refractivity contribution in [1.29, 1.82) is 0 Å². The minimum Gasteiger partial charge on any atom is -0.0622 e. The van der Waals surface area contributed by atoms with Gasteiger partial charge in [-0.2, -0.15) is 0 Å². The van der Waals surface area contributed by atoms with E-state index in [-0.39, 0.29) is 5.41 Å². The lowest BCUT2D eigenvalue weighted by molar-refractivity contribution is 0.794. The largest absolute Gasteiger partial charge is 0.0725 e. The summed E-state index contributed by atoms with van der Waals surface area (Å²) < 4.78 is 0. The van der Waals surface area contributed by atoms with E-state index in [0.717, 1.165) is 6.42 Å². The predicted octanol–water partition coefficient (Wildman–Crippen LogP) is 9.29. The maximum absolute atomic E-state index is 2.42. The van der Waals surface area contributed by atoms with Crippen LogP contribution in [0.2, 0.25) is 0 Å². The number of benzene rings is 6. The van der Waals surface area contributed by atoms with Gasteiger partial charge in [0.05, 0.1) is 5.41 Å². The molecule has 0 unspecified atom stereocenters. The van der Waals surface area contributed by atoms with Crippen molar-refractivity contribution in [1.82, 2.24) is 0 Å². The minimum atomic E-state index is -0.271. The van der Waals surface area contributed by atoms with Gasteiger partial charge in [-0.3, -0.25) is 0 Å². The van der Waals surface area contributed by atoms with Crippen LogP contribution in [0.4, 0.5) is 0 Å². The highest BCUT2D eigenvalue weighted by molar-refractivity contribution is 5.95.